The van der Waals surface area contributed by atoms with Crippen LogP contribution in [0.2, 0.25) is 0 Å². The van der Waals surface area contributed by atoms with Gasteiger partial charge in [-0.3, -0.25) is 9.63 Å². The van der Waals surface area contributed by atoms with Crippen LogP contribution in [-0.2, 0) is 14.4 Å². The summed E-state index contributed by atoms with van der Waals surface area (Å²) >= 11 is 1.84. The molecule has 0 bridgehead atoms. The molecule has 0 aromatic rings. The van der Waals surface area contributed by atoms with E-state index in [9.17, 15) is 4.79 Å². The predicted molar refractivity (Wildman–Crippen MR) is 48.0 cm³/mol. The molecule has 0 aliphatic rings. The molecule has 0 heterocycles. The Morgan fingerprint density at radius 3 is 2.82 bits per heavy atom. The number of carbonyl (C=O) groups is 1. The largest absolute Gasteiger partial charge is 0.462 e. The molecule has 0 atom stereocenters. The first-order chi connectivity index (χ1) is 5.31. The summed E-state index contributed by atoms with van der Waals surface area (Å²) in [5, 5.41) is 2.68. The van der Waals surface area contributed by atoms with E-state index >= 15 is 0 Å². The molecule has 0 aromatic carbocycles. The van der Waals surface area contributed by atoms with Crippen LogP contribution in [0.4, 0.5) is 0 Å². The molecular weight excluding hydrogens is 263 g/mol. The molecule has 0 radical (unpaired) electrons. The lowest BCUT2D eigenvalue weighted by Crippen LogP contribution is -2.22. The fraction of sp³-hybridized carbons (Fsp3) is 0.800. The SMILES string of the molecule is CNCC(=O)OCCONI. The van der Waals surface area contributed by atoms with Crippen LogP contribution in [0, 0.1) is 0 Å². The number of hydrogen-bond donors (Lipinski definition) is 2. The Morgan fingerprint density at radius 1 is 1.55 bits per heavy atom. The molecule has 66 valence electrons. The van der Waals surface area contributed by atoms with E-state index in [1.807, 2.05) is 22.9 Å². The monoisotopic (exact) mass is 274 g/mol. The highest BCUT2D eigenvalue weighted by molar-refractivity contribution is 14.1. The van der Waals surface area contributed by atoms with Crippen LogP contribution in [0.1, 0.15) is 0 Å². The Labute approximate surface area is 79.3 Å². The van der Waals surface area contributed by atoms with Crippen molar-refractivity contribution in [2.75, 3.05) is 26.8 Å². The highest BCUT2D eigenvalue weighted by Crippen LogP contribution is 1.78. The standard InChI is InChI=1S/C5H11IN2O3/c1-7-4-5(9)10-2-3-11-8-6/h7-8H,2-4H2,1H3. The molecule has 0 amide bonds. The number of carbonyl (C=O) groups excluding carboxylic acids is 1. The van der Waals surface area contributed by atoms with Crippen molar-refractivity contribution < 1.29 is 14.4 Å². The van der Waals surface area contributed by atoms with Gasteiger partial charge in [-0.1, -0.05) is 0 Å². The molecule has 0 rings (SSSR count). The van der Waals surface area contributed by atoms with Crippen molar-refractivity contribution in [2.24, 2.45) is 0 Å². The molecule has 0 saturated carbocycles. The molecule has 2 N–H and O–H groups in total. The van der Waals surface area contributed by atoms with E-state index in [4.69, 9.17) is 9.57 Å². The number of hydrogen-bond acceptors (Lipinski definition) is 5. The van der Waals surface area contributed by atoms with Crippen molar-refractivity contribution in [3.8, 4) is 0 Å². The fourth-order valence-electron chi connectivity index (χ4n) is 0.431. The van der Waals surface area contributed by atoms with Crippen LogP contribution < -0.4 is 9.01 Å². The third-order valence-corrected chi connectivity index (χ3v) is 1.14. The second-order valence-corrected chi connectivity index (χ2v) is 2.12. The minimum atomic E-state index is -0.274. The van der Waals surface area contributed by atoms with E-state index in [-0.39, 0.29) is 19.1 Å². The summed E-state index contributed by atoms with van der Waals surface area (Å²) in [6, 6.07) is 0. The highest BCUT2D eigenvalue weighted by Gasteiger charge is 1.98. The Balaban J connectivity index is 3.04. The highest BCUT2D eigenvalue weighted by atomic mass is 127. The smallest absolute Gasteiger partial charge is 0.319 e. The third kappa shape index (κ3) is 7.98. The lowest BCUT2D eigenvalue weighted by molar-refractivity contribution is -0.144. The minimum Gasteiger partial charge on any atom is -0.462 e. The summed E-state index contributed by atoms with van der Waals surface area (Å²) in [4.78, 5) is 15.3. The van der Waals surface area contributed by atoms with Crippen molar-refractivity contribution in [3.63, 3.8) is 0 Å². The Bertz CT molecular complexity index is 112. The van der Waals surface area contributed by atoms with Gasteiger partial charge < -0.3 is 10.1 Å². The zero-order valence-electron chi connectivity index (χ0n) is 6.22. The molecule has 0 spiro atoms. The van der Waals surface area contributed by atoms with E-state index in [2.05, 4.69) is 9.01 Å². The van der Waals surface area contributed by atoms with Gasteiger partial charge in [-0.25, -0.2) is 0 Å². The van der Waals surface area contributed by atoms with Gasteiger partial charge in [-0.05, 0) is 7.05 Å². The van der Waals surface area contributed by atoms with Crippen molar-refractivity contribution in [3.05, 3.63) is 0 Å². The fourth-order valence-corrected chi connectivity index (χ4v) is 0.651. The number of likely N-dealkylation sites (N-methyl/N-ethyl adjacent to an activating group) is 1. The van der Waals surface area contributed by atoms with Gasteiger partial charge in [0.1, 0.15) is 13.2 Å². The summed E-state index contributed by atoms with van der Waals surface area (Å²) in [6.07, 6.45) is 0. The second kappa shape index (κ2) is 8.18. The maximum absolute atomic E-state index is 10.6. The Hall–Kier alpha value is 0.0800. The molecule has 0 unspecified atom stereocenters. The molecule has 6 heteroatoms. The predicted octanol–water partition coefficient (Wildman–Crippen LogP) is -0.380. The number of halogens is 1. The van der Waals surface area contributed by atoms with Gasteiger partial charge in [0.15, 0.2) is 0 Å². The van der Waals surface area contributed by atoms with E-state index < -0.39 is 0 Å². The topological polar surface area (TPSA) is 59.6 Å². The normalized spacial score (nSPS) is 9.64. The van der Waals surface area contributed by atoms with E-state index in [1.165, 1.54) is 0 Å². The van der Waals surface area contributed by atoms with E-state index in [0.717, 1.165) is 0 Å². The first-order valence-electron chi connectivity index (χ1n) is 3.09. The van der Waals surface area contributed by atoms with Crippen LogP contribution in [0.15, 0.2) is 0 Å². The quantitative estimate of drug-likeness (QED) is 0.227. The average Bonchev–Trinajstić information content (AvgIpc) is 1.99. The van der Waals surface area contributed by atoms with Crippen LogP contribution in [-0.4, -0.2) is 32.8 Å². The van der Waals surface area contributed by atoms with Crippen LogP contribution in [0.3, 0.4) is 0 Å². The maximum Gasteiger partial charge on any atom is 0.319 e. The van der Waals surface area contributed by atoms with Gasteiger partial charge in [0, 0.05) is 22.9 Å². The molecule has 0 aliphatic carbocycles. The van der Waals surface area contributed by atoms with Crippen LogP contribution >= 0.6 is 22.9 Å². The molecule has 5 nitrogen and oxygen atoms in total. The van der Waals surface area contributed by atoms with E-state index in [0.29, 0.717) is 6.61 Å². The minimum absolute atomic E-state index is 0.234. The van der Waals surface area contributed by atoms with Gasteiger partial charge in [-0.15, -0.1) is 3.69 Å². The van der Waals surface area contributed by atoms with Crippen molar-refractivity contribution in [1.82, 2.24) is 9.01 Å². The number of esters is 1. The number of rotatable bonds is 6. The maximum atomic E-state index is 10.6. The van der Waals surface area contributed by atoms with Gasteiger partial charge in [0.2, 0.25) is 0 Å². The number of nitrogens with one attached hydrogen (secondary N) is 2. The van der Waals surface area contributed by atoms with Crippen molar-refractivity contribution in [2.45, 2.75) is 0 Å². The van der Waals surface area contributed by atoms with Gasteiger partial charge in [-0.2, -0.15) is 0 Å². The summed E-state index contributed by atoms with van der Waals surface area (Å²) in [5.74, 6) is -0.274. The number of ether oxygens (including phenoxy) is 1. The first-order valence-corrected chi connectivity index (χ1v) is 4.16. The summed E-state index contributed by atoms with van der Waals surface area (Å²) in [6.45, 7) is 0.868. The average molecular weight is 274 g/mol. The third-order valence-electron chi connectivity index (χ3n) is 0.824. The second-order valence-electron chi connectivity index (χ2n) is 1.68. The molecule has 11 heavy (non-hydrogen) atoms. The summed E-state index contributed by atoms with van der Waals surface area (Å²) < 4.78 is 7.15. The summed E-state index contributed by atoms with van der Waals surface area (Å²) in [7, 11) is 1.68. The molecule has 0 aliphatic heterocycles. The first kappa shape index (κ1) is 11.1. The molecule has 0 aromatic heterocycles. The lowest BCUT2D eigenvalue weighted by Gasteiger charge is -2.02. The molecular formula is C5H11IN2O3. The Kier molecular flexibility index (Phi) is 8.24. The van der Waals surface area contributed by atoms with Gasteiger partial charge in [0.05, 0.1) is 6.54 Å². The van der Waals surface area contributed by atoms with E-state index in [1.54, 1.807) is 7.05 Å². The van der Waals surface area contributed by atoms with Crippen LogP contribution in [0.5, 0.6) is 0 Å². The van der Waals surface area contributed by atoms with Crippen molar-refractivity contribution >= 4 is 28.8 Å². The zero-order chi connectivity index (χ0) is 8.53. The molecule has 0 fully saturated rings. The summed E-state index contributed by atoms with van der Waals surface area (Å²) in [5.41, 5.74) is 0. The zero-order valence-corrected chi connectivity index (χ0v) is 8.38. The van der Waals surface area contributed by atoms with Crippen molar-refractivity contribution in [1.29, 1.82) is 0 Å². The van der Waals surface area contributed by atoms with Gasteiger partial charge in [0.25, 0.3) is 0 Å². The lowest BCUT2D eigenvalue weighted by atomic mass is 10.6. The molecule has 0 saturated heterocycles. The van der Waals surface area contributed by atoms with Crippen LogP contribution in [0.25, 0.3) is 0 Å². The van der Waals surface area contributed by atoms with Gasteiger partial charge >= 0.3 is 5.97 Å². The Morgan fingerprint density at radius 2 is 2.27 bits per heavy atom.